The molecule has 1 fully saturated rings. The van der Waals surface area contributed by atoms with Crippen molar-refractivity contribution in [3.63, 3.8) is 0 Å². The van der Waals surface area contributed by atoms with Gasteiger partial charge in [-0.15, -0.1) is 0 Å². The van der Waals surface area contributed by atoms with Crippen LogP contribution >= 0.6 is 0 Å². The van der Waals surface area contributed by atoms with Crippen LogP contribution in [0.2, 0.25) is 0 Å². The largest absolute Gasteiger partial charge is 0.334 e. The zero-order valence-corrected chi connectivity index (χ0v) is 13.9. The predicted molar refractivity (Wildman–Crippen MR) is 93.4 cm³/mol. The van der Waals surface area contributed by atoms with E-state index < -0.39 is 0 Å². The van der Waals surface area contributed by atoms with Crippen molar-refractivity contribution in [2.45, 2.75) is 25.9 Å². The molecule has 0 radical (unpaired) electrons. The van der Waals surface area contributed by atoms with E-state index in [9.17, 15) is 4.79 Å². The molecule has 0 atom stereocenters. The van der Waals surface area contributed by atoms with E-state index in [2.05, 4.69) is 22.0 Å². The van der Waals surface area contributed by atoms with Gasteiger partial charge in [-0.3, -0.25) is 14.7 Å². The third-order valence-electron chi connectivity index (χ3n) is 5.19. The second-order valence-corrected chi connectivity index (χ2v) is 6.88. The number of hydrogen-bond acceptors (Lipinski definition) is 3. The van der Waals surface area contributed by atoms with Gasteiger partial charge in [-0.25, -0.2) is 0 Å². The third-order valence-corrected chi connectivity index (χ3v) is 5.19. The average molecular weight is 321 g/mol. The number of amides is 1. The Kier molecular flexibility index (Phi) is 4.30. The standard InChI is InChI=1S/C20H23N3O/c24-20-19-7-2-1-5-17(19)14-23(20)13-16-8-11-22(12-9-16)15-18-6-3-4-10-21-18/h1-7,10,16H,8-9,11-15H2. The van der Waals surface area contributed by atoms with E-state index in [0.717, 1.165) is 56.8 Å². The number of piperidine rings is 1. The number of aromatic nitrogens is 1. The van der Waals surface area contributed by atoms with Crippen molar-refractivity contribution in [3.05, 3.63) is 65.5 Å². The van der Waals surface area contributed by atoms with E-state index in [0.29, 0.717) is 5.92 Å². The summed E-state index contributed by atoms with van der Waals surface area (Å²) in [7, 11) is 0. The maximum atomic E-state index is 12.5. The van der Waals surface area contributed by atoms with Gasteiger partial charge < -0.3 is 4.90 Å². The van der Waals surface area contributed by atoms with Gasteiger partial charge in [0.05, 0.1) is 5.69 Å². The molecular weight excluding hydrogens is 298 g/mol. The van der Waals surface area contributed by atoms with Gasteiger partial charge in [0.25, 0.3) is 5.91 Å². The number of pyridine rings is 1. The Morgan fingerprint density at radius 1 is 1.04 bits per heavy atom. The molecule has 0 aliphatic carbocycles. The van der Waals surface area contributed by atoms with Crippen molar-refractivity contribution in [3.8, 4) is 0 Å². The lowest BCUT2D eigenvalue weighted by Gasteiger charge is -2.33. The zero-order valence-electron chi connectivity index (χ0n) is 13.9. The summed E-state index contributed by atoms with van der Waals surface area (Å²) in [5, 5.41) is 0. The van der Waals surface area contributed by atoms with Crippen LogP contribution in [-0.2, 0) is 13.1 Å². The molecule has 4 heteroatoms. The van der Waals surface area contributed by atoms with E-state index >= 15 is 0 Å². The lowest BCUT2D eigenvalue weighted by Crippen LogP contribution is -2.38. The molecule has 4 rings (SSSR count). The van der Waals surface area contributed by atoms with Crippen LogP contribution < -0.4 is 0 Å². The molecule has 1 aromatic heterocycles. The molecule has 1 saturated heterocycles. The van der Waals surface area contributed by atoms with Crippen molar-refractivity contribution >= 4 is 5.91 Å². The monoisotopic (exact) mass is 321 g/mol. The molecule has 4 nitrogen and oxygen atoms in total. The number of carbonyl (C=O) groups excluding carboxylic acids is 1. The Balaban J connectivity index is 1.29. The molecule has 0 unspecified atom stereocenters. The van der Waals surface area contributed by atoms with Gasteiger partial charge in [0.15, 0.2) is 0 Å². The van der Waals surface area contributed by atoms with Gasteiger partial charge in [0.2, 0.25) is 0 Å². The lowest BCUT2D eigenvalue weighted by molar-refractivity contribution is 0.0711. The highest BCUT2D eigenvalue weighted by atomic mass is 16.2. The molecule has 24 heavy (non-hydrogen) atoms. The van der Waals surface area contributed by atoms with Gasteiger partial charge in [-0.1, -0.05) is 24.3 Å². The SMILES string of the molecule is O=C1c2ccccc2CN1CC1CCN(Cc2ccccn2)CC1. The summed E-state index contributed by atoms with van der Waals surface area (Å²) < 4.78 is 0. The summed E-state index contributed by atoms with van der Waals surface area (Å²) in [4.78, 5) is 21.4. The normalized spacial score (nSPS) is 18.8. The van der Waals surface area contributed by atoms with Gasteiger partial charge in [-0.2, -0.15) is 0 Å². The molecule has 1 amide bonds. The first kappa shape index (κ1) is 15.3. The van der Waals surface area contributed by atoms with Crippen LogP contribution in [0.4, 0.5) is 0 Å². The Morgan fingerprint density at radius 3 is 2.58 bits per heavy atom. The van der Waals surface area contributed by atoms with E-state index in [-0.39, 0.29) is 5.91 Å². The number of hydrogen-bond donors (Lipinski definition) is 0. The number of carbonyl (C=O) groups is 1. The van der Waals surface area contributed by atoms with Gasteiger partial charge >= 0.3 is 0 Å². The summed E-state index contributed by atoms with van der Waals surface area (Å²) in [5.41, 5.74) is 3.21. The van der Waals surface area contributed by atoms with E-state index in [4.69, 9.17) is 0 Å². The number of nitrogens with zero attached hydrogens (tertiary/aromatic N) is 3. The molecular formula is C20H23N3O. The predicted octanol–water partition coefficient (Wildman–Crippen LogP) is 2.95. The minimum Gasteiger partial charge on any atom is -0.334 e. The van der Waals surface area contributed by atoms with Crippen molar-refractivity contribution in [2.75, 3.05) is 19.6 Å². The highest BCUT2D eigenvalue weighted by molar-refractivity contribution is 5.98. The highest BCUT2D eigenvalue weighted by Gasteiger charge is 2.30. The fraction of sp³-hybridized carbons (Fsp3) is 0.400. The van der Waals surface area contributed by atoms with E-state index in [1.165, 1.54) is 5.56 Å². The second kappa shape index (κ2) is 6.73. The second-order valence-electron chi connectivity index (χ2n) is 6.88. The molecule has 0 saturated carbocycles. The summed E-state index contributed by atoms with van der Waals surface area (Å²) >= 11 is 0. The molecule has 0 spiro atoms. The maximum absolute atomic E-state index is 12.5. The first-order chi connectivity index (χ1) is 11.8. The number of benzene rings is 1. The Hall–Kier alpha value is -2.20. The average Bonchev–Trinajstić information content (AvgIpc) is 2.94. The van der Waals surface area contributed by atoms with Crippen LogP contribution in [0.5, 0.6) is 0 Å². The number of fused-ring (bicyclic) bond motifs is 1. The van der Waals surface area contributed by atoms with Crippen LogP contribution in [0.3, 0.4) is 0 Å². The van der Waals surface area contributed by atoms with E-state index in [1.807, 2.05) is 41.4 Å². The first-order valence-corrected chi connectivity index (χ1v) is 8.79. The molecule has 0 bridgehead atoms. The topological polar surface area (TPSA) is 36.4 Å². The quantitative estimate of drug-likeness (QED) is 0.869. The summed E-state index contributed by atoms with van der Waals surface area (Å²) in [6.07, 6.45) is 4.18. The Labute approximate surface area is 143 Å². The maximum Gasteiger partial charge on any atom is 0.254 e. The minimum atomic E-state index is 0.210. The molecule has 2 aliphatic rings. The lowest BCUT2D eigenvalue weighted by atomic mass is 9.96. The van der Waals surface area contributed by atoms with Crippen LogP contribution in [-0.4, -0.2) is 40.3 Å². The summed E-state index contributed by atoms with van der Waals surface area (Å²) in [6.45, 7) is 4.79. The zero-order chi connectivity index (χ0) is 16.4. The van der Waals surface area contributed by atoms with Crippen LogP contribution in [0.1, 0.15) is 34.5 Å². The van der Waals surface area contributed by atoms with Crippen molar-refractivity contribution in [2.24, 2.45) is 5.92 Å². The summed E-state index contributed by atoms with van der Waals surface area (Å²) in [6, 6.07) is 14.1. The van der Waals surface area contributed by atoms with Gasteiger partial charge in [0.1, 0.15) is 0 Å². The Bertz CT molecular complexity index is 708. The van der Waals surface area contributed by atoms with Gasteiger partial charge in [-0.05, 0) is 55.6 Å². The van der Waals surface area contributed by atoms with E-state index in [1.54, 1.807) is 0 Å². The molecule has 124 valence electrons. The molecule has 2 aromatic rings. The molecule has 3 heterocycles. The molecule has 0 N–H and O–H groups in total. The third kappa shape index (κ3) is 3.20. The number of likely N-dealkylation sites (tertiary alicyclic amines) is 1. The van der Waals surface area contributed by atoms with Crippen molar-refractivity contribution < 1.29 is 4.79 Å². The number of rotatable bonds is 4. The smallest absolute Gasteiger partial charge is 0.254 e. The Morgan fingerprint density at radius 2 is 1.83 bits per heavy atom. The molecule has 1 aromatic carbocycles. The fourth-order valence-electron chi connectivity index (χ4n) is 3.82. The van der Waals surface area contributed by atoms with Gasteiger partial charge in [0, 0.05) is 31.4 Å². The van der Waals surface area contributed by atoms with Crippen LogP contribution in [0.25, 0.3) is 0 Å². The summed E-state index contributed by atoms with van der Waals surface area (Å²) in [5.74, 6) is 0.824. The van der Waals surface area contributed by atoms with Crippen molar-refractivity contribution in [1.82, 2.24) is 14.8 Å². The molecule has 2 aliphatic heterocycles. The van der Waals surface area contributed by atoms with Crippen LogP contribution in [0, 0.1) is 5.92 Å². The highest BCUT2D eigenvalue weighted by Crippen LogP contribution is 2.26. The fourth-order valence-corrected chi connectivity index (χ4v) is 3.82. The van der Waals surface area contributed by atoms with Crippen LogP contribution in [0.15, 0.2) is 48.7 Å². The van der Waals surface area contributed by atoms with Crippen molar-refractivity contribution in [1.29, 1.82) is 0 Å². The minimum absolute atomic E-state index is 0.210. The first-order valence-electron chi connectivity index (χ1n) is 8.79.